The molecule has 20 heavy (non-hydrogen) atoms. The monoisotopic (exact) mass is 275 g/mol. The van der Waals surface area contributed by atoms with E-state index in [1.54, 1.807) is 31.4 Å². The van der Waals surface area contributed by atoms with Crippen LogP contribution >= 0.6 is 0 Å². The summed E-state index contributed by atoms with van der Waals surface area (Å²) in [6.07, 6.45) is 4.47. The maximum atomic E-state index is 12.2. The Morgan fingerprint density at radius 1 is 1.15 bits per heavy atom. The normalized spacial score (nSPS) is 29.2. The molecule has 0 N–H and O–H groups in total. The van der Waals surface area contributed by atoms with E-state index in [0.29, 0.717) is 17.6 Å². The SMILES string of the molecule is COc1ccc(C(=O)OC2CC3CCC(C2)N3C)cc1. The van der Waals surface area contributed by atoms with Gasteiger partial charge in [0.2, 0.25) is 0 Å². The summed E-state index contributed by atoms with van der Waals surface area (Å²) in [5.74, 6) is 0.528. The molecule has 0 aromatic heterocycles. The van der Waals surface area contributed by atoms with E-state index in [0.717, 1.165) is 18.6 Å². The number of carbonyl (C=O) groups excluding carboxylic acids is 1. The number of rotatable bonds is 3. The van der Waals surface area contributed by atoms with Crippen molar-refractivity contribution >= 4 is 5.97 Å². The third kappa shape index (κ3) is 2.52. The van der Waals surface area contributed by atoms with E-state index in [2.05, 4.69) is 11.9 Å². The molecule has 3 rings (SSSR count). The Kier molecular flexibility index (Phi) is 3.66. The number of hydrogen-bond acceptors (Lipinski definition) is 4. The van der Waals surface area contributed by atoms with Crippen LogP contribution in [0.25, 0.3) is 0 Å². The van der Waals surface area contributed by atoms with Crippen molar-refractivity contribution in [3.05, 3.63) is 29.8 Å². The average molecular weight is 275 g/mol. The molecule has 2 unspecified atom stereocenters. The van der Waals surface area contributed by atoms with Crippen LogP contribution in [0.15, 0.2) is 24.3 Å². The maximum absolute atomic E-state index is 12.2. The first-order chi connectivity index (χ1) is 9.67. The highest BCUT2D eigenvalue weighted by molar-refractivity contribution is 5.89. The van der Waals surface area contributed by atoms with Crippen LogP contribution in [-0.4, -0.2) is 43.2 Å². The van der Waals surface area contributed by atoms with Crippen LogP contribution in [-0.2, 0) is 4.74 Å². The highest BCUT2D eigenvalue weighted by Crippen LogP contribution is 2.35. The first-order valence-electron chi connectivity index (χ1n) is 7.24. The van der Waals surface area contributed by atoms with Crippen molar-refractivity contribution < 1.29 is 14.3 Å². The summed E-state index contributed by atoms with van der Waals surface area (Å²) in [4.78, 5) is 14.6. The van der Waals surface area contributed by atoms with Crippen LogP contribution in [0.4, 0.5) is 0 Å². The summed E-state index contributed by atoms with van der Waals surface area (Å²) >= 11 is 0. The molecular weight excluding hydrogens is 254 g/mol. The van der Waals surface area contributed by atoms with Crippen molar-refractivity contribution in [1.82, 2.24) is 4.90 Å². The third-order valence-corrected chi connectivity index (χ3v) is 4.65. The molecule has 2 atom stereocenters. The van der Waals surface area contributed by atoms with Crippen LogP contribution in [0.1, 0.15) is 36.0 Å². The topological polar surface area (TPSA) is 38.8 Å². The smallest absolute Gasteiger partial charge is 0.338 e. The first-order valence-corrected chi connectivity index (χ1v) is 7.24. The molecule has 0 aliphatic carbocycles. The summed E-state index contributed by atoms with van der Waals surface area (Å²) in [5.41, 5.74) is 0.595. The molecule has 2 saturated heterocycles. The molecule has 2 aliphatic heterocycles. The lowest BCUT2D eigenvalue weighted by molar-refractivity contribution is -0.000449. The number of benzene rings is 1. The van der Waals surface area contributed by atoms with Gasteiger partial charge in [-0.2, -0.15) is 0 Å². The number of esters is 1. The predicted octanol–water partition coefficient (Wildman–Crippen LogP) is 2.48. The quantitative estimate of drug-likeness (QED) is 0.794. The molecule has 1 aromatic rings. The van der Waals surface area contributed by atoms with Gasteiger partial charge in [-0.25, -0.2) is 4.79 Å². The van der Waals surface area contributed by atoms with Crippen molar-refractivity contribution in [3.8, 4) is 5.75 Å². The molecule has 0 saturated carbocycles. The Morgan fingerprint density at radius 3 is 2.30 bits per heavy atom. The van der Waals surface area contributed by atoms with E-state index in [-0.39, 0.29) is 12.1 Å². The van der Waals surface area contributed by atoms with Gasteiger partial charge >= 0.3 is 5.97 Å². The number of nitrogens with zero attached hydrogens (tertiary/aromatic N) is 1. The highest BCUT2D eigenvalue weighted by Gasteiger charge is 2.39. The van der Waals surface area contributed by atoms with E-state index >= 15 is 0 Å². The average Bonchev–Trinajstić information content (AvgIpc) is 2.69. The summed E-state index contributed by atoms with van der Waals surface area (Å²) < 4.78 is 10.8. The van der Waals surface area contributed by atoms with Gasteiger partial charge in [0, 0.05) is 24.9 Å². The molecule has 0 spiro atoms. The van der Waals surface area contributed by atoms with Gasteiger partial charge in [-0.15, -0.1) is 0 Å². The Balaban J connectivity index is 1.61. The molecule has 1 aromatic carbocycles. The fraction of sp³-hybridized carbons (Fsp3) is 0.562. The molecule has 2 fully saturated rings. The van der Waals surface area contributed by atoms with Gasteiger partial charge < -0.3 is 14.4 Å². The lowest BCUT2D eigenvalue weighted by atomic mass is 10.0. The molecule has 2 aliphatic rings. The van der Waals surface area contributed by atoms with Gasteiger partial charge in [0.1, 0.15) is 11.9 Å². The van der Waals surface area contributed by atoms with Crippen LogP contribution < -0.4 is 4.74 Å². The Hall–Kier alpha value is -1.55. The summed E-state index contributed by atoms with van der Waals surface area (Å²) in [6, 6.07) is 8.25. The minimum absolute atomic E-state index is 0.0679. The van der Waals surface area contributed by atoms with E-state index in [4.69, 9.17) is 9.47 Å². The van der Waals surface area contributed by atoms with Crippen LogP contribution in [0.5, 0.6) is 5.75 Å². The Labute approximate surface area is 119 Å². The number of piperidine rings is 1. The second kappa shape index (κ2) is 5.44. The number of carbonyl (C=O) groups is 1. The molecule has 4 heteroatoms. The summed E-state index contributed by atoms with van der Waals surface area (Å²) in [6.45, 7) is 0. The zero-order valence-corrected chi connectivity index (χ0v) is 12.0. The zero-order valence-electron chi connectivity index (χ0n) is 12.0. The van der Waals surface area contributed by atoms with Gasteiger partial charge in [-0.3, -0.25) is 0 Å². The zero-order chi connectivity index (χ0) is 14.1. The number of ether oxygens (including phenoxy) is 2. The lowest BCUT2D eigenvalue weighted by Crippen LogP contribution is -2.43. The highest BCUT2D eigenvalue weighted by atomic mass is 16.5. The molecule has 0 radical (unpaired) electrons. The van der Waals surface area contributed by atoms with E-state index in [9.17, 15) is 4.79 Å². The second-order valence-electron chi connectivity index (χ2n) is 5.78. The van der Waals surface area contributed by atoms with Crippen molar-refractivity contribution in [2.24, 2.45) is 0 Å². The lowest BCUT2D eigenvalue weighted by Gasteiger charge is -2.35. The molecule has 0 amide bonds. The Bertz CT molecular complexity index is 471. The Morgan fingerprint density at radius 2 is 1.75 bits per heavy atom. The number of fused-ring (bicyclic) bond motifs is 2. The standard InChI is InChI=1S/C16H21NO3/c1-17-12-5-6-13(17)10-15(9-12)20-16(18)11-3-7-14(19-2)8-4-11/h3-4,7-8,12-13,15H,5-6,9-10H2,1-2H3. The van der Waals surface area contributed by atoms with E-state index < -0.39 is 0 Å². The van der Waals surface area contributed by atoms with Gasteiger partial charge in [-0.05, 0) is 44.2 Å². The molecular formula is C16H21NO3. The summed E-state index contributed by atoms with van der Waals surface area (Å²) in [7, 11) is 3.80. The van der Waals surface area contributed by atoms with Crippen LogP contribution in [0.2, 0.25) is 0 Å². The molecule has 4 nitrogen and oxygen atoms in total. The summed E-state index contributed by atoms with van der Waals surface area (Å²) in [5, 5.41) is 0. The molecule has 108 valence electrons. The first kappa shape index (κ1) is 13.4. The van der Waals surface area contributed by atoms with E-state index in [1.807, 2.05) is 0 Å². The van der Waals surface area contributed by atoms with Gasteiger partial charge in [-0.1, -0.05) is 0 Å². The third-order valence-electron chi connectivity index (χ3n) is 4.65. The van der Waals surface area contributed by atoms with Crippen LogP contribution in [0.3, 0.4) is 0 Å². The van der Waals surface area contributed by atoms with Crippen LogP contribution in [0, 0.1) is 0 Å². The van der Waals surface area contributed by atoms with Gasteiger partial charge in [0.05, 0.1) is 12.7 Å². The van der Waals surface area contributed by atoms with Crippen molar-refractivity contribution in [1.29, 1.82) is 0 Å². The number of methoxy groups -OCH3 is 1. The van der Waals surface area contributed by atoms with Crippen molar-refractivity contribution in [3.63, 3.8) is 0 Å². The van der Waals surface area contributed by atoms with Crippen molar-refractivity contribution in [2.45, 2.75) is 43.9 Å². The minimum atomic E-state index is -0.221. The fourth-order valence-electron chi connectivity index (χ4n) is 3.40. The maximum Gasteiger partial charge on any atom is 0.338 e. The fourth-order valence-corrected chi connectivity index (χ4v) is 3.40. The van der Waals surface area contributed by atoms with Gasteiger partial charge in [0.15, 0.2) is 0 Å². The van der Waals surface area contributed by atoms with Crippen molar-refractivity contribution in [2.75, 3.05) is 14.2 Å². The number of hydrogen-bond donors (Lipinski definition) is 0. The largest absolute Gasteiger partial charge is 0.497 e. The second-order valence-corrected chi connectivity index (χ2v) is 5.78. The molecule has 2 bridgehead atoms. The minimum Gasteiger partial charge on any atom is -0.497 e. The van der Waals surface area contributed by atoms with E-state index in [1.165, 1.54) is 12.8 Å². The predicted molar refractivity (Wildman–Crippen MR) is 76.0 cm³/mol. The molecule has 2 heterocycles. The van der Waals surface area contributed by atoms with Gasteiger partial charge in [0.25, 0.3) is 0 Å².